The fourth-order valence-corrected chi connectivity index (χ4v) is 12.3. The fraction of sp³-hybridized carbons (Fsp3) is 0.774. The van der Waals surface area contributed by atoms with E-state index in [1.54, 1.807) is 11.0 Å². The van der Waals surface area contributed by atoms with Crippen molar-refractivity contribution >= 4 is 75.1 Å². The maximum absolute atomic E-state index is 12.2. The first kappa shape index (κ1) is 134. The van der Waals surface area contributed by atoms with Crippen LogP contribution in [0.1, 0.15) is 332 Å². The Labute approximate surface area is 730 Å². The molecule has 11 N–H and O–H groups in total. The molecule has 0 aliphatic carbocycles. The Morgan fingerprint density at radius 3 is 0.638 bits per heavy atom. The molecule has 0 aromatic rings. The molecule has 0 fully saturated rings. The first-order valence-corrected chi connectivity index (χ1v) is 43.4. The molecule has 0 aliphatic rings. The Morgan fingerprint density at radius 1 is 0.319 bits per heavy atom. The van der Waals surface area contributed by atoms with Gasteiger partial charge in [-0.05, 0) is 306 Å². The van der Waals surface area contributed by atoms with Gasteiger partial charge in [-0.1, -0.05) is 180 Å². The molecule has 0 saturated heterocycles. The Morgan fingerprint density at radius 2 is 0.534 bits per heavy atom. The van der Waals surface area contributed by atoms with E-state index in [2.05, 4.69) is 267 Å². The average Bonchev–Trinajstić information content (AvgIpc) is 0.891. The first-order valence-electron chi connectivity index (χ1n) is 42.3. The van der Waals surface area contributed by atoms with Crippen LogP contribution in [-0.2, 0) is 9.59 Å². The van der Waals surface area contributed by atoms with Gasteiger partial charge in [0.15, 0.2) is 0 Å². The van der Waals surface area contributed by atoms with Crippen LogP contribution in [0.15, 0.2) is 88.0 Å². The summed E-state index contributed by atoms with van der Waals surface area (Å²) in [6.07, 6.45) is 2.99. The summed E-state index contributed by atoms with van der Waals surface area (Å²) in [5.74, 6) is 3.73. The van der Waals surface area contributed by atoms with Gasteiger partial charge in [-0.25, -0.2) is 34.0 Å². The molecular weight excluding hydrogens is 1520 g/mol. The summed E-state index contributed by atoms with van der Waals surface area (Å²) in [5.41, 5.74) is 35.1. The van der Waals surface area contributed by atoms with E-state index in [4.69, 9.17) is 33.6 Å². The molecular formula is C93H186Cl3N13O7. The lowest BCUT2D eigenvalue weighted by molar-refractivity contribution is 0.164. The number of rotatable bonds is 28. The van der Waals surface area contributed by atoms with E-state index in [1.165, 1.54) is 84.1 Å². The molecule has 0 bridgehead atoms. The largest absolute Gasteiger partial charge is 0.336 e. The van der Waals surface area contributed by atoms with E-state index in [0.717, 1.165) is 0 Å². The molecule has 0 spiro atoms. The normalized spacial score (nSPS) is 10.2. The summed E-state index contributed by atoms with van der Waals surface area (Å²) in [4.78, 5) is 86.8. The molecule has 7 amide bonds. The maximum atomic E-state index is 12.2. The van der Waals surface area contributed by atoms with E-state index < -0.39 is 4.70 Å². The molecule has 116 heavy (non-hydrogen) atoms. The molecule has 0 rings (SSSR count). The van der Waals surface area contributed by atoms with Crippen LogP contribution in [-0.4, -0.2) is 161 Å². The maximum Gasteiger partial charge on any atom is 0.318 e. The predicted octanol–water partition coefficient (Wildman–Crippen LogP) is 24.6. The monoisotopic (exact) mass is 1700 g/mol. The van der Waals surface area contributed by atoms with Gasteiger partial charge in [-0.15, -0.1) is 0 Å². The molecule has 686 valence electrons. The van der Waals surface area contributed by atoms with Gasteiger partial charge in [0.25, 0.3) is 0 Å². The molecule has 0 heterocycles. The number of allylic oxidation sites excluding steroid dienone is 7. The molecule has 20 nitrogen and oxygen atoms in total. The second kappa shape index (κ2) is 79.4. The van der Waals surface area contributed by atoms with Crippen molar-refractivity contribution in [3.63, 3.8) is 0 Å². The van der Waals surface area contributed by atoms with Gasteiger partial charge in [-0.2, -0.15) is 0 Å². The third kappa shape index (κ3) is 83.7. The summed E-state index contributed by atoms with van der Waals surface area (Å²) in [6.45, 7) is 104. The Hall–Kier alpha value is -5.40. The average molecular weight is 1700 g/mol. The molecule has 23 heteroatoms. The summed E-state index contributed by atoms with van der Waals surface area (Å²) in [5, 5.41) is 14.7. The zero-order valence-corrected chi connectivity index (χ0v) is 86.0. The summed E-state index contributed by atoms with van der Waals surface area (Å²) in [7, 11) is 0. The smallest absolute Gasteiger partial charge is 0.318 e. The lowest BCUT2D eigenvalue weighted by Crippen LogP contribution is -2.48. The van der Waals surface area contributed by atoms with Crippen LogP contribution in [0.2, 0.25) is 0 Å². The number of carbonyl (C=O) groups excluding carboxylic acids is 7. The van der Waals surface area contributed by atoms with Gasteiger partial charge in [0, 0.05) is 93.6 Å². The van der Waals surface area contributed by atoms with Crippen molar-refractivity contribution in [1.29, 1.82) is 0 Å². The second-order valence-corrected chi connectivity index (χ2v) is 36.3. The zero-order chi connectivity index (χ0) is 94.8. The second-order valence-electron chi connectivity index (χ2n) is 35.1. The SMILES string of the molecule is CC(C)=C(CN)C(C)C.CC(C)=C(CN)C(C)C.CC(C)=C(CN)C(C)C.CC(C)=C(CN=C=O)C(C)C.CC(C)=C(CNC(=O)N(C(C)C)C(C)C)C(C)C.CC(C)=C(CNC(=O)N(C(C)C)C(C)C)C(C)C.CC(C)=C(CNC(=O)NC(C)C)C(C)C.CC(C)N(C(=O)Cl)C(C)C.CC(C)N=C=O.CC(C)NC(C)C.O=C(Cl)Cl. The quantitative estimate of drug-likeness (QED) is 0.0120. The van der Waals surface area contributed by atoms with Crippen molar-refractivity contribution in [1.82, 2.24) is 41.3 Å². The topological polar surface area (TPSA) is 292 Å². The number of halogens is 3. The number of carbonyl (C=O) groups is 5. The van der Waals surface area contributed by atoms with Gasteiger partial charge in [0.05, 0.1) is 12.6 Å². The van der Waals surface area contributed by atoms with Crippen molar-refractivity contribution in [3.8, 4) is 0 Å². The lowest BCUT2D eigenvalue weighted by Gasteiger charge is -2.31. The van der Waals surface area contributed by atoms with E-state index in [1.807, 2.05) is 134 Å². The zero-order valence-electron chi connectivity index (χ0n) is 83.7. The number of hydrogen-bond donors (Lipinski definition) is 8. The van der Waals surface area contributed by atoms with Crippen LogP contribution < -0.4 is 43.8 Å². The van der Waals surface area contributed by atoms with E-state index in [0.29, 0.717) is 99.3 Å². The van der Waals surface area contributed by atoms with Crippen molar-refractivity contribution in [3.05, 3.63) is 78.0 Å². The van der Waals surface area contributed by atoms with Crippen LogP contribution in [0.3, 0.4) is 0 Å². The van der Waals surface area contributed by atoms with E-state index >= 15 is 0 Å². The highest BCUT2D eigenvalue weighted by atomic mass is 35.5. The molecule has 0 aromatic heterocycles. The third-order valence-electron chi connectivity index (χ3n) is 17.1. The minimum absolute atomic E-state index is 0.0272. The first-order chi connectivity index (χ1) is 52.7. The van der Waals surface area contributed by atoms with Crippen molar-refractivity contribution in [2.45, 2.75) is 393 Å². The molecule has 0 saturated carbocycles. The van der Waals surface area contributed by atoms with E-state index in [-0.39, 0.29) is 71.8 Å². The number of isocyanates is 2. The van der Waals surface area contributed by atoms with Crippen molar-refractivity contribution in [2.24, 2.45) is 68.6 Å². The number of amides is 7. The standard InChI is InChI=1S/2C15H30N2O.C12H24N2O.C9H15NO.3C8H17N.C7H14ClNO.C6H15N.C4H7NO.CCl2O/c2*1-10(2)14(11(3)4)9-16-15(18)17(12(5)6)13(7)8;1-8(2)11(9(3)4)7-13-12(15)14-10(5)6;1-7(2)9(8(3)4)5-10-6-11;3*1-6(2)8(5-9)7(3)4;1-5(2)9(6(3)4)7(8)10;1-5(2)7-6(3)4;1-4(2)5-3-6;2-1(3)4/h2*10,12-13H,9H2,1-8H3,(H,16,18);8,10H,7H2,1-6H3,(H2,13,14,15);7H,5H2,1-4H3;3*6H,5,9H2,1-4H3;5-6H,1-4H3;5-7H,1-4H3;4H,1-2H3;. The highest BCUT2D eigenvalue weighted by molar-refractivity contribution is 6.93. The highest BCUT2D eigenvalue weighted by Gasteiger charge is 2.23. The summed E-state index contributed by atoms with van der Waals surface area (Å²) < 4.78 is -0.889. The number of nitrogens with zero attached hydrogens (tertiary/aromatic N) is 5. The van der Waals surface area contributed by atoms with Gasteiger partial charge in [-0.3, -0.25) is 9.59 Å². The number of urea groups is 3. The Balaban J connectivity index is -0.000000119. The molecule has 0 radical (unpaired) electrons. The van der Waals surface area contributed by atoms with Gasteiger partial charge in [0.1, 0.15) is 0 Å². The third-order valence-corrected chi connectivity index (χ3v) is 17.2. The Kier molecular flexibility index (Phi) is 91.7. The van der Waals surface area contributed by atoms with Crippen LogP contribution >= 0.6 is 34.8 Å². The van der Waals surface area contributed by atoms with Crippen LogP contribution in [0.5, 0.6) is 0 Å². The van der Waals surface area contributed by atoms with Gasteiger partial charge in [0.2, 0.25) is 12.2 Å². The molecule has 0 atom stereocenters. The van der Waals surface area contributed by atoms with Crippen molar-refractivity contribution < 1.29 is 33.6 Å². The number of hydrogen-bond acceptors (Lipinski definition) is 13. The Bertz CT molecular complexity index is 2760. The molecule has 0 aromatic carbocycles. The summed E-state index contributed by atoms with van der Waals surface area (Å²) >= 11 is 14.1. The van der Waals surface area contributed by atoms with Crippen LogP contribution in [0.4, 0.5) is 24.0 Å². The fourth-order valence-electron chi connectivity index (χ4n) is 11.9. The minimum atomic E-state index is -0.889. The van der Waals surface area contributed by atoms with Crippen molar-refractivity contribution in [2.75, 3.05) is 45.8 Å². The van der Waals surface area contributed by atoms with Crippen LogP contribution in [0.25, 0.3) is 0 Å². The number of nitrogens with two attached hydrogens (primary N) is 3. The predicted molar refractivity (Wildman–Crippen MR) is 512 cm³/mol. The number of nitrogens with one attached hydrogen (secondary N) is 5. The van der Waals surface area contributed by atoms with Gasteiger partial charge >= 0.3 is 28.2 Å². The lowest BCUT2D eigenvalue weighted by atomic mass is 9.99. The molecule has 0 aliphatic heterocycles. The van der Waals surface area contributed by atoms with Gasteiger partial charge < -0.3 is 58.5 Å². The molecule has 0 unspecified atom stereocenters. The van der Waals surface area contributed by atoms with E-state index in [9.17, 15) is 28.8 Å². The summed E-state index contributed by atoms with van der Waals surface area (Å²) in [6, 6.07) is 2.75. The minimum Gasteiger partial charge on any atom is -0.336 e. The highest BCUT2D eigenvalue weighted by Crippen LogP contribution is 2.19. The van der Waals surface area contributed by atoms with Crippen LogP contribution in [0, 0.1) is 41.4 Å². The number of aliphatic imine (C=N–C) groups is 2.